The molecule has 2 aliphatic heterocycles. The summed E-state index contributed by atoms with van der Waals surface area (Å²) in [5, 5.41) is 40.2. The maximum absolute atomic E-state index is 13.5. The summed E-state index contributed by atoms with van der Waals surface area (Å²) in [6, 6.07) is 8.46. The van der Waals surface area contributed by atoms with Crippen LogP contribution in [0.3, 0.4) is 0 Å². The second kappa shape index (κ2) is 9.14. The maximum Gasteiger partial charge on any atom is 0.231 e. The molecule has 0 amide bonds. The first-order chi connectivity index (χ1) is 16.8. The van der Waals surface area contributed by atoms with E-state index in [1.165, 1.54) is 6.07 Å². The highest BCUT2D eigenvalue weighted by atomic mass is 16.7. The zero-order valence-corrected chi connectivity index (χ0v) is 19.1. The summed E-state index contributed by atoms with van der Waals surface area (Å²) in [6.07, 6.45) is -6.60. The SMILES string of the molecule is CCc1cc2c(=O)c(-c3ccc4c(c3)OCO4)c(C)oc2cc1O[C@H]1O[C@H](CO)[C@@H](O)[C@H](O)[C@H]1O. The Labute approximate surface area is 199 Å². The van der Waals surface area contributed by atoms with Crippen LogP contribution in [0.5, 0.6) is 17.2 Å². The van der Waals surface area contributed by atoms with Crippen LogP contribution in [-0.4, -0.2) is 64.5 Å². The Kier molecular flexibility index (Phi) is 6.16. The Morgan fingerprint density at radius 1 is 1.03 bits per heavy atom. The first-order valence-electron chi connectivity index (χ1n) is 11.3. The average Bonchev–Trinajstić information content (AvgIpc) is 3.32. The molecule has 5 rings (SSSR count). The lowest BCUT2D eigenvalue weighted by Crippen LogP contribution is -2.60. The number of benzene rings is 2. The van der Waals surface area contributed by atoms with Crippen molar-refractivity contribution in [2.75, 3.05) is 13.4 Å². The Hall–Kier alpha value is -3.15. The van der Waals surface area contributed by atoms with Crippen LogP contribution >= 0.6 is 0 Å². The van der Waals surface area contributed by atoms with Crippen molar-refractivity contribution >= 4 is 11.0 Å². The first kappa shape index (κ1) is 23.6. The number of rotatable bonds is 5. The fourth-order valence-electron chi connectivity index (χ4n) is 4.44. The molecule has 1 saturated heterocycles. The van der Waals surface area contributed by atoms with Crippen LogP contribution in [0.1, 0.15) is 18.2 Å². The van der Waals surface area contributed by atoms with Crippen LogP contribution < -0.4 is 19.6 Å². The van der Waals surface area contributed by atoms with Gasteiger partial charge in [-0.2, -0.15) is 0 Å². The van der Waals surface area contributed by atoms with Crippen LogP contribution in [0.25, 0.3) is 22.1 Å². The molecule has 0 radical (unpaired) electrons. The van der Waals surface area contributed by atoms with Gasteiger partial charge in [0, 0.05) is 6.07 Å². The normalized spacial score (nSPS) is 25.7. The summed E-state index contributed by atoms with van der Waals surface area (Å²) in [6.45, 7) is 3.11. The van der Waals surface area contributed by atoms with Crippen molar-refractivity contribution in [3.8, 4) is 28.4 Å². The van der Waals surface area contributed by atoms with Crippen molar-refractivity contribution < 1.29 is 43.8 Å². The van der Waals surface area contributed by atoms with Crippen LogP contribution in [0, 0.1) is 6.92 Å². The molecule has 2 aromatic carbocycles. The summed E-state index contributed by atoms with van der Waals surface area (Å²) in [4.78, 5) is 13.5. The van der Waals surface area contributed by atoms with Crippen molar-refractivity contribution in [1.29, 1.82) is 0 Å². The lowest BCUT2D eigenvalue weighted by atomic mass is 9.99. The van der Waals surface area contributed by atoms with Crippen molar-refractivity contribution in [2.24, 2.45) is 0 Å². The van der Waals surface area contributed by atoms with E-state index < -0.39 is 37.3 Å². The van der Waals surface area contributed by atoms with E-state index in [0.717, 1.165) is 0 Å². The molecule has 0 bridgehead atoms. The monoisotopic (exact) mass is 486 g/mol. The second-order valence-electron chi connectivity index (χ2n) is 8.56. The van der Waals surface area contributed by atoms with Crippen molar-refractivity contribution in [1.82, 2.24) is 0 Å². The highest BCUT2D eigenvalue weighted by molar-refractivity contribution is 5.85. The highest BCUT2D eigenvalue weighted by Crippen LogP contribution is 2.37. The lowest BCUT2D eigenvalue weighted by Gasteiger charge is -2.39. The molecule has 35 heavy (non-hydrogen) atoms. The first-order valence-corrected chi connectivity index (χ1v) is 11.3. The van der Waals surface area contributed by atoms with Gasteiger partial charge >= 0.3 is 0 Å². The van der Waals surface area contributed by atoms with Gasteiger partial charge in [0.2, 0.25) is 18.5 Å². The molecule has 1 fully saturated rings. The third-order valence-corrected chi connectivity index (χ3v) is 6.38. The number of aliphatic hydroxyl groups excluding tert-OH is 4. The van der Waals surface area contributed by atoms with Gasteiger partial charge in [0.25, 0.3) is 0 Å². The smallest absolute Gasteiger partial charge is 0.231 e. The molecular weight excluding hydrogens is 460 g/mol. The lowest BCUT2D eigenvalue weighted by molar-refractivity contribution is -0.277. The van der Waals surface area contributed by atoms with E-state index in [-0.39, 0.29) is 23.6 Å². The van der Waals surface area contributed by atoms with Gasteiger partial charge in [0.1, 0.15) is 41.5 Å². The molecule has 0 unspecified atom stereocenters. The summed E-state index contributed by atoms with van der Waals surface area (Å²) >= 11 is 0. The number of hydrogen-bond acceptors (Lipinski definition) is 10. The van der Waals surface area contributed by atoms with Crippen molar-refractivity contribution in [3.63, 3.8) is 0 Å². The van der Waals surface area contributed by atoms with E-state index in [1.54, 1.807) is 31.2 Å². The molecule has 5 atom stereocenters. The molecule has 0 aliphatic carbocycles. The predicted molar refractivity (Wildman–Crippen MR) is 123 cm³/mol. The maximum atomic E-state index is 13.5. The molecule has 10 heteroatoms. The van der Waals surface area contributed by atoms with Crippen LogP contribution in [-0.2, 0) is 11.2 Å². The van der Waals surface area contributed by atoms with E-state index in [1.807, 2.05) is 6.92 Å². The largest absolute Gasteiger partial charge is 0.462 e. The van der Waals surface area contributed by atoms with Gasteiger partial charge in [-0.25, -0.2) is 0 Å². The van der Waals surface area contributed by atoms with Crippen molar-refractivity contribution in [2.45, 2.75) is 51.0 Å². The number of hydrogen-bond donors (Lipinski definition) is 4. The number of aliphatic hydroxyl groups is 4. The van der Waals surface area contributed by atoms with E-state index in [2.05, 4.69) is 0 Å². The Bertz CT molecular complexity index is 1310. The van der Waals surface area contributed by atoms with E-state index in [9.17, 15) is 25.2 Å². The summed E-state index contributed by atoms with van der Waals surface area (Å²) in [5.41, 5.74) is 1.73. The number of ether oxygens (including phenoxy) is 4. The predicted octanol–water partition coefficient (Wildman–Crippen LogP) is 1.24. The molecule has 10 nitrogen and oxygen atoms in total. The van der Waals surface area contributed by atoms with Crippen LogP contribution in [0.2, 0.25) is 0 Å². The van der Waals surface area contributed by atoms with Gasteiger partial charge in [-0.3, -0.25) is 4.79 Å². The third-order valence-electron chi connectivity index (χ3n) is 6.38. The van der Waals surface area contributed by atoms with Gasteiger partial charge in [0.15, 0.2) is 11.5 Å². The summed E-state index contributed by atoms with van der Waals surface area (Å²) < 4.78 is 28.1. The second-order valence-corrected chi connectivity index (χ2v) is 8.56. The molecule has 1 aromatic heterocycles. The number of fused-ring (bicyclic) bond motifs is 2. The molecule has 0 spiro atoms. The molecule has 4 N–H and O–H groups in total. The van der Waals surface area contributed by atoms with Gasteiger partial charge in [-0.1, -0.05) is 13.0 Å². The fraction of sp³-hybridized carbons (Fsp3) is 0.400. The summed E-state index contributed by atoms with van der Waals surface area (Å²) in [7, 11) is 0. The third kappa shape index (κ3) is 4.03. The average molecular weight is 486 g/mol. The highest BCUT2D eigenvalue weighted by Gasteiger charge is 2.45. The zero-order chi connectivity index (χ0) is 24.9. The van der Waals surface area contributed by atoms with Crippen LogP contribution in [0.4, 0.5) is 0 Å². The van der Waals surface area contributed by atoms with Gasteiger partial charge < -0.3 is 43.8 Å². The van der Waals surface area contributed by atoms with Gasteiger partial charge in [-0.15, -0.1) is 0 Å². The standard InChI is InChI=1S/C25H26O10/c1-3-12-6-14-17(8-16(12)34-25-24(30)23(29)22(28)19(9-26)35-25)33-11(2)20(21(14)27)13-4-5-15-18(7-13)32-10-31-15/h4-8,19,22-26,28-30H,3,9-10H2,1-2H3/t19-,22-,23+,24-,25+/m1/s1. The van der Waals surface area contributed by atoms with Gasteiger partial charge in [0.05, 0.1) is 17.6 Å². The molecule has 0 saturated carbocycles. The number of aryl methyl sites for hydroxylation is 2. The molecule has 186 valence electrons. The minimum absolute atomic E-state index is 0.126. The minimum Gasteiger partial charge on any atom is -0.462 e. The molecule has 3 heterocycles. The zero-order valence-electron chi connectivity index (χ0n) is 19.1. The quantitative estimate of drug-likeness (QED) is 0.415. The van der Waals surface area contributed by atoms with Crippen LogP contribution in [0.15, 0.2) is 39.5 Å². The minimum atomic E-state index is -1.57. The van der Waals surface area contributed by atoms with Gasteiger partial charge in [-0.05, 0) is 42.7 Å². The van der Waals surface area contributed by atoms with E-state index in [0.29, 0.717) is 45.8 Å². The molecular formula is C25H26O10. The molecule has 3 aromatic rings. The Balaban J connectivity index is 1.54. The van der Waals surface area contributed by atoms with Crippen molar-refractivity contribution in [3.05, 3.63) is 51.9 Å². The van der Waals surface area contributed by atoms with E-state index >= 15 is 0 Å². The topological polar surface area (TPSA) is 148 Å². The van der Waals surface area contributed by atoms with E-state index in [4.69, 9.17) is 23.4 Å². The Morgan fingerprint density at radius 3 is 2.54 bits per heavy atom. The summed E-state index contributed by atoms with van der Waals surface area (Å²) in [5.74, 6) is 1.84. The Morgan fingerprint density at radius 2 is 1.80 bits per heavy atom. The molecule has 2 aliphatic rings. The fourth-order valence-corrected chi connectivity index (χ4v) is 4.44.